The number of anilines is 1. The molecule has 156 valence electrons. The molecule has 0 fully saturated rings. The molecular weight excluding hydrogens is 407 g/mol. The summed E-state index contributed by atoms with van der Waals surface area (Å²) in [6.45, 7) is -0.251. The van der Waals surface area contributed by atoms with Crippen LogP contribution in [0, 0.1) is 11.7 Å². The molecule has 1 aliphatic heterocycles. The third-order valence-corrected chi connectivity index (χ3v) is 6.88. The van der Waals surface area contributed by atoms with Gasteiger partial charge in [0.15, 0.2) is 0 Å². The van der Waals surface area contributed by atoms with Crippen molar-refractivity contribution in [2.24, 2.45) is 5.92 Å². The lowest BCUT2D eigenvalue weighted by molar-refractivity contribution is 0.0999. The van der Waals surface area contributed by atoms with Crippen LogP contribution in [0.1, 0.15) is 15.9 Å². The molecule has 8 heteroatoms. The van der Waals surface area contributed by atoms with Crippen LogP contribution in [0.2, 0.25) is 0 Å². The Hall–Kier alpha value is -2.81. The highest BCUT2D eigenvalue weighted by Crippen LogP contribution is 2.39. The first-order valence-electron chi connectivity index (χ1n) is 9.50. The Bertz CT molecular complexity index is 1240. The average molecular weight is 428 g/mol. The number of nitrogens with one attached hydrogen (secondary N) is 1. The molecule has 2 N–H and O–H groups in total. The lowest BCUT2D eigenvalue weighted by Gasteiger charge is -2.17. The maximum atomic E-state index is 13.4. The predicted octanol–water partition coefficient (Wildman–Crippen LogP) is 2.70. The maximum Gasteiger partial charge on any atom is 0.258 e. The van der Waals surface area contributed by atoms with E-state index in [0.717, 1.165) is 0 Å². The van der Waals surface area contributed by atoms with Crippen molar-refractivity contribution in [3.05, 3.63) is 71.5 Å². The van der Waals surface area contributed by atoms with Gasteiger partial charge >= 0.3 is 0 Å². The number of benzene rings is 3. The largest absolute Gasteiger partial charge is 0.396 e. The first-order chi connectivity index (χ1) is 14.3. The van der Waals surface area contributed by atoms with E-state index in [-0.39, 0.29) is 29.8 Å². The minimum atomic E-state index is -3.90. The Morgan fingerprint density at radius 2 is 1.90 bits per heavy atom. The highest BCUT2D eigenvalue weighted by atomic mass is 32.2. The molecule has 1 unspecified atom stereocenters. The second-order valence-corrected chi connectivity index (χ2v) is 9.15. The minimum absolute atomic E-state index is 0.00286. The first-order valence-corrected chi connectivity index (χ1v) is 11.0. The van der Waals surface area contributed by atoms with E-state index in [1.807, 2.05) is 0 Å². The van der Waals surface area contributed by atoms with E-state index >= 15 is 0 Å². The molecule has 0 aromatic heterocycles. The lowest BCUT2D eigenvalue weighted by atomic mass is 10.0. The molecule has 1 heterocycles. The number of hydrogen-bond acceptors (Lipinski definition) is 4. The van der Waals surface area contributed by atoms with Crippen LogP contribution in [0.15, 0.2) is 59.5 Å². The predicted molar refractivity (Wildman–Crippen MR) is 113 cm³/mol. The summed E-state index contributed by atoms with van der Waals surface area (Å²) in [5.74, 6) is -0.961. The fraction of sp³-hybridized carbons (Fsp3) is 0.227. The van der Waals surface area contributed by atoms with Crippen molar-refractivity contribution >= 4 is 32.4 Å². The van der Waals surface area contributed by atoms with Crippen molar-refractivity contribution in [1.82, 2.24) is 4.72 Å². The molecule has 0 aliphatic carbocycles. The standard InChI is InChI=1S/C22H21FN2O4S/c1-25-19-8-9-20(17-6-3-7-18(21(17)19)22(25)27)30(28,29)24-12-15(13-26)10-14-4-2-5-16(23)11-14/h2-9,11,15,24,26H,10,12-13H2,1H3. The van der Waals surface area contributed by atoms with Gasteiger partial charge in [-0.05, 0) is 48.2 Å². The Labute approximate surface area is 174 Å². The monoisotopic (exact) mass is 428 g/mol. The van der Waals surface area contributed by atoms with Gasteiger partial charge in [0, 0.05) is 36.5 Å². The van der Waals surface area contributed by atoms with Gasteiger partial charge < -0.3 is 10.0 Å². The van der Waals surface area contributed by atoms with Crippen molar-refractivity contribution in [2.75, 3.05) is 25.1 Å². The molecule has 1 atom stereocenters. The van der Waals surface area contributed by atoms with Crippen LogP contribution in [0.3, 0.4) is 0 Å². The van der Waals surface area contributed by atoms with Gasteiger partial charge in [0.25, 0.3) is 5.91 Å². The molecule has 0 radical (unpaired) electrons. The molecule has 6 nitrogen and oxygen atoms in total. The number of carbonyl (C=O) groups excluding carboxylic acids is 1. The molecule has 4 rings (SSSR count). The smallest absolute Gasteiger partial charge is 0.258 e. The molecule has 0 saturated heterocycles. The first kappa shape index (κ1) is 20.5. The van der Waals surface area contributed by atoms with Gasteiger partial charge in [-0.1, -0.05) is 24.3 Å². The summed E-state index contributed by atoms with van der Waals surface area (Å²) in [5, 5.41) is 10.8. The van der Waals surface area contributed by atoms with Crippen LogP contribution in [0.4, 0.5) is 10.1 Å². The van der Waals surface area contributed by atoms with Gasteiger partial charge in [0.05, 0.1) is 10.6 Å². The summed E-state index contributed by atoms with van der Waals surface area (Å²) >= 11 is 0. The van der Waals surface area contributed by atoms with Crippen LogP contribution >= 0.6 is 0 Å². The molecule has 0 spiro atoms. The molecule has 3 aromatic rings. The minimum Gasteiger partial charge on any atom is -0.396 e. The quantitative estimate of drug-likeness (QED) is 0.606. The van der Waals surface area contributed by atoms with Gasteiger partial charge in [-0.3, -0.25) is 4.79 Å². The SMILES string of the molecule is CN1C(=O)c2cccc3c(S(=O)(=O)NCC(CO)Cc4cccc(F)c4)ccc1c23. The van der Waals surface area contributed by atoms with Crippen LogP contribution in [0.5, 0.6) is 0 Å². The molecule has 1 aliphatic rings. The third kappa shape index (κ3) is 3.58. The fourth-order valence-electron chi connectivity index (χ4n) is 3.85. The van der Waals surface area contributed by atoms with E-state index in [0.29, 0.717) is 34.0 Å². The molecule has 3 aromatic carbocycles. The van der Waals surface area contributed by atoms with Crippen molar-refractivity contribution < 1.29 is 22.7 Å². The van der Waals surface area contributed by atoms with Crippen molar-refractivity contribution in [1.29, 1.82) is 0 Å². The van der Waals surface area contributed by atoms with Gasteiger partial charge in [-0.25, -0.2) is 17.5 Å². The second-order valence-electron chi connectivity index (χ2n) is 7.41. The zero-order chi connectivity index (χ0) is 21.5. The summed E-state index contributed by atoms with van der Waals surface area (Å²) < 4.78 is 42.0. The third-order valence-electron chi connectivity index (χ3n) is 5.40. The van der Waals surface area contributed by atoms with E-state index < -0.39 is 15.9 Å². The Morgan fingerprint density at radius 3 is 2.63 bits per heavy atom. The van der Waals surface area contributed by atoms with Crippen molar-refractivity contribution in [3.63, 3.8) is 0 Å². The van der Waals surface area contributed by atoms with Gasteiger partial charge in [-0.2, -0.15) is 0 Å². The summed E-state index contributed by atoms with van der Waals surface area (Å²) in [4.78, 5) is 14.0. The Balaban J connectivity index is 1.60. The highest BCUT2D eigenvalue weighted by molar-refractivity contribution is 7.89. The number of hydrogen-bond donors (Lipinski definition) is 2. The Kier molecular flexibility index (Phi) is 5.31. The summed E-state index contributed by atoms with van der Waals surface area (Å²) in [6.07, 6.45) is 0.333. The van der Waals surface area contributed by atoms with Crippen LogP contribution < -0.4 is 9.62 Å². The van der Waals surface area contributed by atoms with Crippen molar-refractivity contribution in [3.8, 4) is 0 Å². The van der Waals surface area contributed by atoms with E-state index in [1.165, 1.54) is 23.1 Å². The lowest BCUT2D eigenvalue weighted by Crippen LogP contribution is -2.32. The number of halogens is 1. The number of sulfonamides is 1. The van der Waals surface area contributed by atoms with Gasteiger partial charge in [0.1, 0.15) is 5.82 Å². The number of aliphatic hydroxyl groups is 1. The van der Waals surface area contributed by atoms with Crippen LogP contribution in [-0.2, 0) is 16.4 Å². The molecule has 0 bridgehead atoms. The van der Waals surface area contributed by atoms with E-state index in [4.69, 9.17) is 0 Å². The summed E-state index contributed by atoms with van der Waals surface area (Å²) in [7, 11) is -2.24. The average Bonchev–Trinajstić information content (AvgIpc) is 2.98. The van der Waals surface area contributed by atoms with Gasteiger partial charge in [0.2, 0.25) is 10.0 Å². The molecule has 30 heavy (non-hydrogen) atoms. The maximum absolute atomic E-state index is 13.4. The van der Waals surface area contributed by atoms with Crippen LogP contribution in [-0.4, -0.2) is 39.6 Å². The number of rotatable bonds is 7. The van der Waals surface area contributed by atoms with E-state index in [1.54, 1.807) is 43.4 Å². The normalized spacial score (nSPS) is 14.5. The molecule has 1 amide bonds. The Morgan fingerprint density at radius 1 is 1.13 bits per heavy atom. The summed E-state index contributed by atoms with van der Waals surface area (Å²) in [5.41, 5.74) is 1.82. The fourth-order valence-corrected chi connectivity index (χ4v) is 5.16. The molecular formula is C22H21FN2O4S. The van der Waals surface area contributed by atoms with Crippen molar-refractivity contribution in [2.45, 2.75) is 11.3 Å². The van der Waals surface area contributed by atoms with Gasteiger partial charge in [-0.15, -0.1) is 0 Å². The molecule has 0 saturated carbocycles. The number of aliphatic hydroxyl groups excluding tert-OH is 1. The number of nitrogens with zero attached hydrogens (tertiary/aromatic N) is 1. The number of amides is 1. The topological polar surface area (TPSA) is 86.7 Å². The zero-order valence-corrected chi connectivity index (χ0v) is 17.1. The highest BCUT2D eigenvalue weighted by Gasteiger charge is 2.30. The van der Waals surface area contributed by atoms with E-state index in [9.17, 15) is 22.7 Å². The second kappa shape index (κ2) is 7.79. The van der Waals surface area contributed by atoms with E-state index in [2.05, 4.69) is 4.72 Å². The number of carbonyl (C=O) groups is 1. The summed E-state index contributed by atoms with van der Waals surface area (Å²) in [6, 6.07) is 14.2. The van der Waals surface area contributed by atoms with Crippen LogP contribution in [0.25, 0.3) is 10.8 Å². The zero-order valence-electron chi connectivity index (χ0n) is 16.3.